The molecule has 0 amide bonds. The Morgan fingerprint density at radius 3 is 2.42 bits per heavy atom. The summed E-state index contributed by atoms with van der Waals surface area (Å²) in [7, 11) is -3.13. The topological polar surface area (TPSA) is 73.7 Å². The predicted molar refractivity (Wildman–Crippen MR) is 134 cm³/mol. The molecule has 3 aromatic rings. The van der Waals surface area contributed by atoms with Gasteiger partial charge < -0.3 is 14.4 Å². The first-order valence-electron chi connectivity index (χ1n) is 11.6. The van der Waals surface area contributed by atoms with Crippen molar-refractivity contribution in [3.05, 3.63) is 54.2 Å². The minimum absolute atomic E-state index is 0.0319. The lowest BCUT2D eigenvalue weighted by Crippen LogP contribution is -2.59. The van der Waals surface area contributed by atoms with Crippen LogP contribution in [0.3, 0.4) is 0 Å². The van der Waals surface area contributed by atoms with Gasteiger partial charge in [-0.05, 0) is 36.8 Å². The van der Waals surface area contributed by atoms with Crippen LogP contribution in [0.25, 0.3) is 11.0 Å². The first-order valence-corrected chi connectivity index (χ1v) is 13.5. The summed E-state index contributed by atoms with van der Waals surface area (Å²) in [5.74, 6) is 1.04. The van der Waals surface area contributed by atoms with E-state index in [1.54, 1.807) is 0 Å². The summed E-state index contributed by atoms with van der Waals surface area (Å²) < 4.78 is 27.6. The second-order valence-corrected chi connectivity index (χ2v) is 11.0. The van der Waals surface area contributed by atoms with Crippen molar-refractivity contribution < 1.29 is 8.42 Å². The third-order valence-corrected chi connectivity index (χ3v) is 7.41. The van der Waals surface area contributed by atoms with Crippen LogP contribution in [-0.4, -0.2) is 81.0 Å². The summed E-state index contributed by atoms with van der Waals surface area (Å²) in [6.45, 7) is 9.30. The van der Waals surface area contributed by atoms with E-state index >= 15 is 0 Å². The van der Waals surface area contributed by atoms with E-state index in [1.165, 1.54) is 17.5 Å². The number of pyridine rings is 1. The Hall–Kier alpha value is -2.62. The molecule has 1 N–H and O–H groups in total. The van der Waals surface area contributed by atoms with Gasteiger partial charge in [0.2, 0.25) is 10.0 Å². The second kappa shape index (κ2) is 8.96. The molecule has 9 heteroatoms. The average Bonchev–Trinajstić information content (AvgIpc) is 3.17. The number of para-hydroxylation sites is 1. The van der Waals surface area contributed by atoms with Crippen LogP contribution in [0.2, 0.25) is 0 Å². The Kier molecular flexibility index (Phi) is 6.03. The van der Waals surface area contributed by atoms with Crippen molar-refractivity contribution in [3.63, 3.8) is 0 Å². The molecule has 2 fully saturated rings. The molecule has 2 aliphatic heterocycles. The average molecular weight is 469 g/mol. The third-order valence-electron chi connectivity index (χ3n) is 6.65. The van der Waals surface area contributed by atoms with Crippen LogP contribution in [0.5, 0.6) is 0 Å². The fourth-order valence-corrected chi connectivity index (χ4v) is 5.63. The largest absolute Gasteiger partial charge is 0.368 e. The Balaban J connectivity index is 1.20. The van der Waals surface area contributed by atoms with E-state index in [-0.39, 0.29) is 6.04 Å². The molecular formula is C24H32N6O2S. The number of likely N-dealkylation sites (tertiary alicyclic amines) is 1. The minimum Gasteiger partial charge on any atom is -0.368 e. The molecular weight excluding hydrogens is 436 g/mol. The number of rotatable bonds is 7. The third kappa shape index (κ3) is 5.00. The molecule has 0 unspecified atom stereocenters. The van der Waals surface area contributed by atoms with Gasteiger partial charge in [0.1, 0.15) is 11.5 Å². The van der Waals surface area contributed by atoms with Gasteiger partial charge in [0.05, 0.1) is 6.26 Å². The van der Waals surface area contributed by atoms with E-state index in [1.807, 2.05) is 0 Å². The van der Waals surface area contributed by atoms with Gasteiger partial charge in [-0.2, -0.15) is 0 Å². The van der Waals surface area contributed by atoms with Gasteiger partial charge in [-0.1, -0.05) is 18.2 Å². The zero-order chi connectivity index (χ0) is 23.0. The lowest BCUT2D eigenvalue weighted by atomic mass is 10.1. The fourth-order valence-electron chi connectivity index (χ4n) is 4.88. The molecule has 176 valence electrons. The van der Waals surface area contributed by atoms with Gasteiger partial charge in [0.15, 0.2) is 0 Å². The van der Waals surface area contributed by atoms with Crippen LogP contribution in [0.15, 0.2) is 48.7 Å². The van der Waals surface area contributed by atoms with Crippen LogP contribution >= 0.6 is 0 Å². The molecule has 0 radical (unpaired) electrons. The first kappa shape index (κ1) is 22.2. The molecule has 2 aromatic heterocycles. The summed E-state index contributed by atoms with van der Waals surface area (Å²) >= 11 is 0. The number of benzene rings is 1. The Morgan fingerprint density at radius 1 is 0.970 bits per heavy atom. The summed E-state index contributed by atoms with van der Waals surface area (Å²) in [5, 5.41) is 1.15. The van der Waals surface area contributed by atoms with E-state index < -0.39 is 10.0 Å². The van der Waals surface area contributed by atoms with Crippen LogP contribution < -0.4 is 14.5 Å². The minimum atomic E-state index is -3.13. The molecule has 5 rings (SSSR count). The lowest BCUT2D eigenvalue weighted by molar-refractivity contribution is 0.136. The van der Waals surface area contributed by atoms with Gasteiger partial charge in [-0.3, -0.25) is 4.90 Å². The van der Waals surface area contributed by atoms with Crippen LogP contribution in [0.1, 0.15) is 5.56 Å². The van der Waals surface area contributed by atoms with Crippen molar-refractivity contribution in [2.75, 3.05) is 61.9 Å². The second-order valence-electron chi connectivity index (χ2n) is 9.20. The van der Waals surface area contributed by atoms with Crippen LogP contribution in [0.4, 0.5) is 11.5 Å². The summed E-state index contributed by atoms with van der Waals surface area (Å²) in [6, 6.07) is 15.0. The summed E-state index contributed by atoms with van der Waals surface area (Å²) in [5.41, 5.74) is 3.67. The van der Waals surface area contributed by atoms with Crippen molar-refractivity contribution in [2.45, 2.75) is 19.5 Å². The van der Waals surface area contributed by atoms with E-state index in [0.717, 1.165) is 69.2 Å². The molecule has 0 aliphatic carbocycles. The van der Waals surface area contributed by atoms with E-state index in [0.29, 0.717) is 0 Å². The maximum Gasteiger partial charge on any atom is 0.209 e. The molecule has 0 bridgehead atoms. The van der Waals surface area contributed by atoms with Crippen molar-refractivity contribution >= 4 is 32.6 Å². The normalized spacial score (nSPS) is 18.1. The Labute approximate surface area is 195 Å². The lowest BCUT2D eigenvalue weighted by Gasteiger charge is -2.39. The highest BCUT2D eigenvalue weighted by molar-refractivity contribution is 7.88. The SMILES string of the molecule is Cc1ccccc1N1CCN(c2ccc3ccn(CCN4CC(NS(C)(=O)=O)C4)c3n2)CC1. The van der Waals surface area contributed by atoms with E-state index in [9.17, 15) is 8.42 Å². The standard InChI is InChI=1S/C24H32N6O2S/c1-19-5-3-4-6-22(19)28-13-15-29(16-14-28)23-8-7-20-9-10-30(24(20)25-23)12-11-27-17-21(18-27)26-33(2,31)32/h3-10,21,26H,11-18H2,1-2H3. The number of hydrogen-bond donors (Lipinski definition) is 1. The van der Waals surface area contributed by atoms with Crippen molar-refractivity contribution in [1.29, 1.82) is 0 Å². The van der Waals surface area contributed by atoms with Crippen molar-refractivity contribution in [3.8, 4) is 0 Å². The van der Waals surface area contributed by atoms with E-state index in [4.69, 9.17) is 4.98 Å². The Morgan fingerprint density at radius 2 is 1.70 bits per heavy atom. The van der Waals surface area contributed by atoms with E-state index in [2.05, 4.69) is 79.6 Å². The van der Waals surface area contributed by atoms with Gasteiger partial charge in [-0.25, -0.2) is 18.1 Å². The predicted octanol–water partition coefficient (Wildman–Crippen LogP) is 1.90. The zero-order valence-corrected chi connectivity index (χ0v) is 20.1. The highest BCUT2D eigenvalue weighted by atomic mass is 32.2. The molecule has 2 saturated heterocycles. The van der Waals surface area contributed by atoms with Gasteiger partial charge in [0, 0.05) is 75.7 Å². The number of anilines is 2. The van der Waals surface area contributed by atoms with Crippen LogP contribution in [-0.2, 0) is 16.6 Å². The molecule has 33 heavy (non-hydrogen) atoms. The number of hydrogen-bond acceptors (Lipinski definition) is 6. The monoisotopic (exact) mass is 468 g/mol. The number of aryl methyl sites for hydroxylation is 1. The van der Waals surface area contributed by atoms with Crippen LogP contribution in [0, 0.1) is 6.92 Å². The first-order chi connectivity index (χ1) is 15.9. The summed E-state index contributed by atoms with van der Waals surface area (Å²) in [4.78, 5) is 12.1. The Bertz CT molecular complexity index is 1230. The van der Waals surface area contributed by atoms with Gasteiger partial charge in [-0.15, -0.1) is 0 Å². The molecule has 0 atom stereocenters. The zero-order valence-electron chi connectivity index (χ0n) is 19.3. The molecule has 1 aromatic carbocycles. The molecule has 2 aliphatic rings. The molecule has 0 spiro atoms. The smallest absolute Gasteiger partial charge is 0.209 e. The number of nitrogens with zero attached hydrogens (tertiary/aromatic N) is 5. The van der Waals surface area contributed by atoms with Crippen molar-refractivity contribution in [2.24, 2.45) is 0 Å². The van der Waals surface area contributed by atoms with Crippen molar-refractivity contribution in [1.82, 2.24) is 19.2 Å². The maximum atomic E-state index is 11.4. The van der Waals surface area contributed by atoms with Gasteiger partial charge >= 0.3 is 0 Å². The number of aromatic nitrogens is 2. The summed E-state index contributed by atoms with van der Waals surface area (Å²) in [6.07, 6.45) is 3.32. The highest BCUT2D eigenvalue weighted by Crippen LogP contribution is 2.24. The number of sulfonamides is 1. The maximum absolute atomic E-state index is 11.4. The fraction of sp³-hybridized carbons (Fsp3) is 0.458. The number of fused-ring (bicyclic) bond motifs is 1. The highest BCUT2D eigenvalue weighted by Gasteiger charge is 2.28. The quantitative estimate of drug-likeness (QED) is 0.571. The number of nitrogens with one attached hydrogen (secondary N) is 1. The molecule has 0 saturated carbocycles. The molecule has 4 heterocycles. The number of piperazine rings is 1. The van der Waals surface area contributed by atoms with Gasteiger partial charge in [0.25, 0.3) is 0 Å². The molecule has 8 nitrogen and oxygen atoms in total.